The Morgan fingerprint density at radius 1 is 1.23 bits per heavy atom. The van der Waals surface area contributed by atoms with Crippen molar-refractivity contribution in [2.45, 2.75) is 46.1 Å². The van der Waals surface area contributed by atoms with E-state index in [2.05, 4.69) is 50.0 Å². The van der Waals surface area contributed by atoms with Crippen LogP contribution in [-0.2, 0) is 4.74 Å². The first-order valence-corrected chi connectivity index (χ1v) is 8.82. The Labute approximate surface area is 137 Å². The van der Waals surface area contributed by atoms with Crippen LogP contribution >= 0.6 is 0 Å². The van der Waals surface area contributed by atoms with Gasteiger partial charge in [-0.05, 0) is 53.0 Å². The third-order valence-electron chi connectivity index (χ3n) is 4.51. The van der Waals surface area contributed by atoms with Crippen molar-refractivity contribution >= 4 is 5.96 Å². The zero-order valence-electron chi connectivity index (χ0n) is 15.3. The molecular weight excluding hydrogens is 276 g/mol. The van der Waals surface area contributed by atoms with E-state index in [-0.39, 0.29) is 0 Å². The molecule has 130 valence electrons. The van der Waals surface area contributed by atoms with Crippen LogP contribution in [0, 0.1) is 5.92 Å². The van der Waals surface area contributed by atoms with Crippen LogP contribution in [0.15, 0.2) is 4.99 Å². The molecule has 5 nitrogen and oxygen atoms in total. The van der Waals surface area contributed by atoms with Crippen molar-refractivity contribution in [1.82, 2.24) is 15.1 Å². The fourth-order valence-corrected chi connectivity index (χ4v) is 2.56. The monoisotopic (exact) mass is 312 g/mol. The largest absolute Gasteiger partial charge is 0.381 e. The lowest BCUT2D eigenvalue weighted by atomic mass is 9.96. The zero-order chi connectivity index (χ0) is 16.4. The number of ether oxygens (including phenoxy) is 1. The van der Waals surface area contributed by atoms with Crippen LogP contribution in [0.2, 0.25) is 0 Å². The highest BCUT2D eigenvalue weighted by molar-refractivity contribution is 5.79. The van der Waals surface area contributed by atoms with Gasteiger partial charge in [-0.15, -0.1) is 0 Å². The van der Waals surface area contributed by atoms with Gasteiger partial charge in [0.2, 0.25) is 0 Å². The maximum Gasteiger partial charge on any atom is 0.193 e. The number of nitrogens with one attached hydrogen (secondary N) is 1. The summed E-state index contributed by atoms with van der Waals surface area (Å²) >= 11 is 0. The van der Waals surface area contributed by atoms with Gasteiger partial charge >= 0.3 is 0 Å². The van der Waals surface area contributed by atoms with Crippen LogP contribution in [0.5, 0.6) is 0 Å². The highest BCUT2D eigenvalue weighted by Gasteiger charge is 2.15. The summed E-state index contributed by atoms with van der Waals surface area (Å²) < 4.78 is 5.43. The molecule has 0 amide bonds. The summed E-state index contributed by atoms with van der Waals surface area (Å²) in [4.78, 5) is 9.37. The molecular formula is C17H36N4O. The molecule has 5 heteroatoms. The molecule has 0 unspecified atom stereocenters. The normalized spacial score (nSPS) is 17.3. The molecule has 1 heterocycles. The zero-order valence-corrected chi connectivity index (χ0v) is 15.3. The van der Waals surface area contributed by atoms with Crippen molar-refractivity contribution in [3.63, 3.8) is 0 Å². The predicted molar refractivity (Wildman–Crippen MR) is 94.5 cm³/mol. The molecule has 1 fully saturated rings. The number of rotatable bonds is 8. The van der Waals surface area contributed by atoms with Gasteiger partial charge in [0, 0.05) is 45.9 Å². The Kier molecular flexibility index (Phi) is 9.48. The lowest BCUT2D eigenvalue weighted by Crippen LogP contribution is -2.40. The van der Waals surface area contributed by atoms with Gasteiger partial charge in [0.15, 0.2) is 5.96 Å². The lowest BCUT2D eigenvalue weighted by Gasteiger charge is -2.27. The molecule has 0 aromatic carbocycles. The third-order valence-corrected chi connectivity index (χ3v) is 4.51. The molecule has 1 aliphatic rings. The summed E-state index contributed by atoms with van der Waals surface area (Å²) in [5, 5.41) is 3.41. The number of hydrogen-bond donors (Lipinski definition) is 1. The second-order valence-electron chi connectivity index (χ2n) is 6.58. The molecule has 1 aliphatic heterocycles. The van der Waals surface area contributed by atoms with Crippen molar-refractivity contribution in [3.05, 3.63) is 0 Å². The summed E-state index contributed by atoms with van der Waals surface area (Å²) in [6.07, 6.45) is 3.65. The van der Waals surface area contributed by atoms with Gasteiger partial charge in [-0.2, -0.15) is 0 Å². The molecule has 0 aliphatic carbocycles. The van der Waals surface area contributed by atoms with Gasteiger partial charge in [0.1, 0.15) is 0 Å². The summed E-state index contributed by atoms with van der Waals surface area (Å²) in [5.41, 5.74) is 0. The van der Waals surface area contributed by atoms with Gasteiger partial charge in [-0.1, -0.05) is 0 Å². The molecule has 1 N–H and O–H groups in total. The average molecular weight is 313 g/mol. The fourth-order valence-electron chi connectivity index (χ4n) is 2.56. The molecule has 0 saturated carbocycles. The van der Waals surface area contributed by atoms with Crippen molar-refractivity contribution in [3.8, 4) is 0 Å². The van der Waals surface area contributed by atoms with E-state index in [0.29, 0.717) is 6.04 Å². The van der Waals surface area contributed by atoms with Crippen LogP contribution < -0.4 is 5.32 Å². The quantitative estimate of drug-likeness (QED) is 0.550. The van der Waals surface area contributed by atoms with E-state index in [1.807, 2.05) is 0 Å². The third kappa shape index (κ3) is 7.45. The number of likely N-dealkylation sites (N-methyl/N-ethyl adjacent to an activating group) is 1. The summed E-state index contributed by atoms with van der Waals surface area (Å²) in [5.74, 6) is 1.85. The smallest absolute Gasteiger partial charge is 0.193 e. The van der Waals surface area contributed by atoms with Crippen LogP contribution in [0.25, 0.3) is 0 Å². The Hall–Kier alpha value is -0.810. The van der Waals surface area contributed by atoms with E-state index >= 15 is 0 Å². The van der Waals surface area contributed by atoms with E-state index in [4.69, 9.17) is 9.73 Å². The molecule has 0 aromatic heterocycles. The highest BCUT2D eigenvalue weighted by atomic mass is 16.5. The summed E-state index contributed by atoms with van der Waals surface area (Å²) in [6.45, 7) is 12.3. The molecule has 1 rings (SSSR count). The second kappa shape index (κ2) is 10.8. The number of guanidine groups is 1. The average Bonchev–Trinajstić information content (AvgIpc) is 2.52. The first-order chi connectivity index (χ1) is 10.5. The number of hydrogen-bond acceptors (Lipinski definition) is 3. The SMILES string of the molecule is CCNC(=NCCN(C)C(C)C)N(C)CCC1CCOCC1. The Bertz CT molecular complexity index is 314. The van der Waals surface area contributed by atoms with E-state index < -0.39 is 0 Å². The van der Waals surface area contributed by atoms with Gasteiger partial charge in [0.25, 0.3) is 0 Å². The molecule has 22 heavy (non-hydrogen) atoms. The molecule has 0 aromatic rings. The second-order valence-corrected chi connectivity index (χ2v) is 6.58. The van der Waals surface area contributed by atoms with Gasteiger partial charge in [0.05, 0.1) is 6.54 Å². The topological polar surface area (TPSA) is 40.1 Å². The molecule has 0 spiro atoms. The van der Waals surface area contributed by atoms with Crippen LogP contribution in [0.3, 0.4) is 0 Å². The van der Waals surface area contributed by atoms with Crippen molar-refractivity contribution in [2.24, 2.45) is 10.9 Å². The first-order valence-electron chi connectivity index (χ1n) is 8.82. The van der Waals surface area contributed by atoms with Crippen LogP contribution in [0.1, 0.15) is 40.0 Å². The van der Waals surface area contributed by atoms with Crippen molar-refractivity contribution in [2.75, 3.05) is 53.5 Å². The summed E-state index contributed by atoms with van der Waals surface area (Å²) in [6, 6.07) is 0.573. The minimum atomic E-state index is 0.573. The maximum absolute atomic E-state index is 5.43. The minimum Gasteiger partial charge on any atom is -0.381 e. The highest BCUT2D eigenvalue weighted by Crippen LogP contribution is 2.18. The van der Waals surface area contributed by atoms with Crippen molar-refractivity contribution < 1.29 is 4.74 Å². The standard InChI is InChI=1S/C17H36N4O/c1-6-18-17(19-10-12-20(4)15(2)3)21(5)11-7-16-8-13-22-14-9-16/h15-16H,6-14H2,1-5H3,(H,18,19). The Morgan fingerprint density at radius 3 is 2.50 bits per heavy atom. The van der Waals surface area contributed by atoms with Gasteiger partial charge < -0.3 is 19.9 Å². The Morgan fingerprint density at radius 2 is 1.91 bits per heavy atom. The fraction of sp³-hybridized carbons (Fsp3) is 0.941. The van der Waals surface area contributed by atoms with Gasteiger partial charge in [-0.3, -0.25) is 4.99 Å². The number of nitrogens with zero attached hydrogens (tertiary/aromatic N) is 3. The minimum absolute atomic E-state index is 0.573. The van der Waals surface area contributed by atoms with E-state index in [1.165, 1.54) is 19.3 Å². The molecule has 0 bridgehead atoms. The van der Waals surface area contributed by atoms with Crippen molar-refractivity contribution in [1.29, 1.82) is 0 Å². The molecule has 0 atom stereocenters. The van der Waals surface area contributed by atoms with E-state index in [1.54, 1.807) is 0 Å². The molecule has 1 saturated heterocycles. The summed E-state index contributed by atoms with van der Waals surface area (Å²) in [7, 11) is 4.30. The first kappa shape index (κ1) is 19.2. The van der Waals surface area contributed by atoms with Gasteiger partial charge in [-0.25, -0.2) is 0 Å². The Balaban J connectivity index is 2.38. The van der Waals surface area contributed by atoms with E-state index in [9.17, 15) is 0 Å². The number of aliphatic imine (C=N–C) groups is 1. The van der Waals surface area contributed by atoms with E-state index in [0.717, 1.165) is 51.3 Å². The van der Waals surface area contributed by atoms with Crippen LogP contribution in [0.4, 0.5) is 0 Å². The molecule has 0 radical (unpaired) electrons. The predicted octanol–water partition coefficient (Wildman–Crippen LogP) is 2.04. The van der Waals surface area contributed by atoms with Crippen LogP contribution in [-0.4, -0.2) is 75.3 Å². The lowest BCUT2D eigenvalue weighted by molar-refractivity contribution is 0.0625. The maximum atomic E-state index is 5.43.